The molecule has 0 aliphatic heterocycles. The summed E-state index contributed by atoms with van der Waals surface area (Å²) in [5.74, 6) is 0.415. The predicted molar refractivity (Wildman–Crippen MR) is 118 cm³/mol. The molecule has 7 nitrogen and oxygen atoms in total. The van der Waals surface area contributed by atoms with Gasteiger partial charge < -0.3 is 19.3 Å². The Balaban J connectivity index is 1.55. The molecule has 2 heterocycles. The number of nitrogens with zero attached hydrogens (tertiary/aromatic N) is 1. The number of ether oxygens (including phenoxy) is 2. The summed E-state index contributed by atoms with van der Waals surface area (Å²) in [6.45, 7) is 4.57. The summed E-state index contributed by atoms with van der Waals surface area (Å²) in [6, 6.07) is 8.95. The van der Waals surface area contributed by atoms with Gasteiger partial charge in [0.15, 0.2) is 11.5 Å². The van der Waals surface area contributed by atoms with Crippen LogP contribution in [0.3, 0.4) is 0 Å². The van der Waals surface area contributed by atoms with E-state index in [0.29, 0.717) is 22.9 Å². The van der Waals surface area contributed by atoms with Crippen molar-refractivity contribution in [2.75, 3.05) is 18.5 Å². The third kappa shape index (κ3) is 4.49. The zero-order valence-corrected chi connectivity index (χ0v) is 18.3. The monoisotopic (exact) mass is 440 g/mol. The number of nitrogens with one attached hydrogen (secondary N) is 1. The van der Waals surface area contributed by atoms with Gasteiger partial charge in [-0.2, -0.15) is 0 Å². The second-order valence-corrected chi connectivity index (χ2v) is 8.23. The first-order valence-electron chi connectivity index (χ1n) is 10.4. The van der Waals surface area contributed by atoms with E-state index in [4.69, 9.17) is 14.0 Å². The minimum Gasteiger partial charge on any atom is -0.494 e. The number of esters is 1. The van der Waals surface area contributed by atoms with Crippen LogP contribution in [0.15, 0.2) is 34.9 Å². The summed E-state index contributed by atoms with van der Waals surface area (Å²) in [4.78, 5) is 26.6. The molecular weight excluding hydrogens is 416 g/mol. The highest BCUT2D eigenvalue weighted by molar-refractivity contribution is 7.17. The van der Waals surface area contributed by atoms with Gasteiger partial charge in [-0.3, -0.25) is 4.79 Å². The normalized spacial score (nSPS) is 12.8. The van der Waals surface area contributed by atoms with Crippen LogP contribution in [-0.4, -0.2) is 30.2 Å². The molecule has 0 spiro atoms. The third-order valence-electron chi connectivity index (χ3n) is 5.07. The number of carbonyl (C=O) groups is 2. The molecule has 1 aliphatic carbocycles. The van der Waals surface area contributed by atoms with Crippen molar-refractivity contribution >= 4 is 28.2 Å². The van der Waals surface area contributed by atoms with Crippen molar-refractivity contribution in [1.82, 2.24) is 5.16 Å². The van der Waals surface area contributed by atoms with Gasteiger partial charge in [-0.15, -0.1) is 11.3 Å². The van der Waals surface area contributed by atoms with Crippen molar-refractivity contribution in [3.63, 3.8) is 0 Å². The van der Waals surface area contributed by atoms with Crippen molar-refractivity contribution in [3.8, 4) is 17.1 Å². The van der Waals surface area contributed by atoms with Crippen LogP contribution in [0.25, 0.3) is 11.3 Å². The summed E-state index contributed by atoms with van der Waals surface area (Å²) in [6.07, 6.45) is 3.84. The second kappa shape index (κ2) is 9.34. The number of hydrogen-bond donors (Lipinski definition) is 1. The molecule has 3 aromatic rings. The number of hydrogen-bond acceptors (Lipinski definition) is 7. The van der Waals surface area contributed by atoms with Crippen LogP contribution in [0.2, 0.25) is 0 Å². The van der Waals surface area contributed by atoms with E-state index in [-0.39, 0.29) is 12.3 Å². The Morgan fingerprint density at radius 1 is 1.13 bits per heavy atom. The first-order chi connectivity index (χ1) is 15.1. The van der Waals surface area contributed by atoms with Gasteiger partial charge in [0.1, 0.15) is 10.8 Å². The van der Waals surface area contributed by atoms with Crippen LogP contribution < -0.4 is 10.1 Å². The molecule has 0 fully saturated rings. The molecule has 1 N–H and O–H groups in total. The fourth-order valence-corrected chi connectivity index (χ4v) is 4.91. The first-order valence-corrected chi connectivity index (χ1v) is 11.2. The first kappa shape index (κ1) is 21.1. The van der Waals surface area contributed by atoms with Gasteiger partial charge >= 0.3 is 5.97 Å². The van der Waals surface area contributed by atoms with Gasteiger partial charge in [0.05, 0.1) is 18.8 Å². The molecule has 0 unspecified atom stereocenters. The van der Waals surface area contributed by atoms with E-state index in [2.05, 4.69) is 10.5 Å². The predicted octanol–water partition coefficient (Wildman–Crippen LogP) is 5.11. The quantitative estimate of drug-likeness (QED) is 0.514. The highest BCUT2D eigenvalue weighted by Crippen LogP contribution is 2.39. The van der Waals surface area contributed by atoms with Crippen molar-refractivity contribution in [2.45, 2.75) is 39.5 Å². The SMILES string of the molecule is CCOC(=O)c1c(NC(=O)c2cc(-c3ccc(OCC)cc3)on2)sc2c1CCCC2. The molecule has 0 atom stereocenters. The number of amides is 1. The lowest BCUT2D eigenvalue weighted by Crippen LogP contribution is -2.16. The lowest BCUT2D eigenvalue weighted by atomic mass is 9.95. The summed E-state index contributed by atoms with van der Waals surface area (Å²) in [5, 5.41) is 7.28. The van der Waals surface area contributed by atoms with Crippen LogP contribution in [0.5, 0.6) is 5.75 Å². The molecule has 1 amide bonds. The number of rotatable bonds is 7. The van der Waals surface area contributed by atoms with Gasteiger partial charge in [-0.05, 0) is 69.4 Å². The molecule has 162 valence electrons. The lowest BCUT2D eigenvalue weighted by molar-refractivity contribution is 0.0526. The third-order valence-corrected chi connectivity index (χ3v) is 6.28. The van der Waals surface area contributed by atoms with E-state index in [1.54, 1.807) is 13.0 Å². The maximum absolute atomic E-state index is 12.8. The van der Waals surface area contributed by atoms with Crippen molar-refractivity contribution in [3.05, 3.63) is 52.0 Å². The van der Waals surface area contributed by atoms with Gasteiger partial charge in [0.2, 0.25) is 0 Å². The van der Waals surface area contributed by atoms with E-state index in [9.17, 15) is 9.59 Å². The van der Waals surface area contributed by atoms with Crippen LogP contribution in [0.4, 0.5) is 5.00 Å². The Kier molecular flexibility index (Phi) is 6.36. The van der Waals surface area contributed by atoms with Crippen molar-refractivity contribution < 1.29 is 23.6 Å². The number of aromatic nitrogens is 1. The van der Waals surface area contributed by atoms with E-state index in [1.807, 2.05) is 31.2 Å². The van der Waals surface area contributed by atoms with Crippen LogP contribution in [-0.2, 0) is 17.6 Å². The number of thiophene rings is 1. The molecule has 31 heavy (non-hydrogen) atoms. The summed E-state index contributed by atoms with van der Waals surface area (Å²) >= 11 is 1.44. The highest BCUT2D eigenvalue weighted by Gasteiger charge is 2.28. The Hall–Kier alpha value is -3.13. The number of fused-ring (bicyclic) bond motifs is 1. The van der Waals surface area contributed by atoms with Crippen molar-refractivity contribution in [2.24, 2.45) is 0 Å². The molecule has 1 aliphatic rings. The summed E-state index contributed by atoms with van der Waals surface area (Å²) in [7, 11) is 0. The maximum Gasteiger partial charge on any atom is 0.341 e. The Labute approximate surface area is 184 Å². The van der Waals surface area contributed by atoms with E-state index in [1.165, 1.54) is 11.3 Å². The molecule has 4 rings (SSSR count). The standard InChI is InChI=1S/C23H24N2O5S/c1-3-28-15-11-9-14(10-12-15)18-13-17(25-30-18)21(26)24-22-20(23(27)29-4-2)16-7-5-6-8-19(16)31-22/h9-13H,3-8H2,1-2H3,(H,24,26). The topological polar surface area (TPSA) is 90.7 Å². The minimum absolute atomic E-state index is 0.144. The minimum atomic E-state index is -0.426. The van der Waals surface area contributed by atoms with Crippen LogP contribution >= 0.6 is 11.3 Å². The van der Waals surface area contributed by atoms with Gasteiger partial charge in [0, 0.05) is 16.5 Å². The molecule has 0 saturated carbocycles. The number of benzene rings is 1. The molecule has 0 saturated heterocycles. The Bertz CT molecular complexity index is 1080. The molecule has 1 aromatic carbocycles. The summed E-state index contributed by atoms with van der Waals surface area (Å²) < 4.78 is 16.1. The van der Waals surface area contributed by atoms with E-state index < -0.39 is 11.9 Å². The molecule has 8 heteroatoms. The zero-order chi connectivity index (χ0) is 21.8. The Morgan fingerprint density at radius 3 is 2.65 bits per heavy atom. The van der Waals surface area contributed by atoms with Gasteiger partial charge in [0.25, 0.3) is 5.91 Å². The Morgan fingerprint density at radius 2 is 1.90 bits per heavy atom. The molecule has 0 radical (unpaired) electrons. The maximum atomic E-state index is 12.8. The van der Waals surface area contributed by atoms with Crippen LogP contribution in [0.1, 0.15) is 58.0 Å². The highest BCUT2D eigenvalue weighted by atomic mass is 32.1. The number of carbonyl (C=O) groups excluding carboxylic acids is 2. The smallest absolute Gasteiger partial charge is 0.341 e. The lowest BCUT2D eigenvalue weighted by Gasteiger charge is -2.12. The number of anilines is 1. The zero-order valence-electron chi connectivity index (χ0n) is 17.5. The molecule has 2 aromatic heterocycles. The second-order valence-electron chi connectivity index (χ2n) is 7.12. The molecular formula is C23H24N2O5S. The van der Waals surface area contributed by atoms with Gasteiger partial charge in [-0.25, -0.2) is 4.79 Å². The van der Waals surface area contributed by atoms with Crippen LogP contribution in [0, 0.1) is 0 Å². The van der Waals surface area contributed by atoms with E-state index >= 15 is 0 Å². The average molecular weight is 441 g/mol. The fourth-order valence-electron chi connectivity index (χ4n) is 3.64. The fraction of sp³-hybridized carbons (Fsp3) is 0.348. The van der Waals surface area contributed by atoms with Gasteiger partial charge in [-0.1, -0.05) is 5.16 Å². The largest absolute Gasteiger partial charge is 0.494 e. The van der Waals surface area contributed by atoms with E-state index in [0.717, 1.165) is 47.4 Å². The number of aryl methyl sites for hydroxylation is 1. The van der Waals surface area contributed by atoms with Crippen molar-refractivity contribution in [1.29, 1.82) is 0 Å². The summed E-state index contributed by atoms with van der Waals surface area (Å²) in [5.41, 5.74) is 2.41. The molecule has 0 bridgehead atoms. The average Bonchev–Trinajstić information content (AvgIpc) is 3.39.